The molecule has 0 aliphatic heterocycles. The number of H-pyrrole nitrogens is 1. The minimum atomic E-state index is -4.27. The van der Waals surface area contributed by atoms with Crippen LogP contribution in [0.2, 0.25) is 5.02 Å². The predicted octanol–water partition coefficient (Wildman–Crippen LogP) is 4.54. The minimum absolute atomic E-state index is 0.000104. The quantitative estimate of drug-likeness (QED) is 0.360. The zero-order chi connectivity index (χ0) is 22.1. The van der Waals surface area contributed by atoms with Crippen molar-refractivity contribution in [3.63, 3.8) is 0 Å². The number of hydrogen-bond acceptors (Lipinski definition) is 6. The van der Waals surface area contributed by atoms with E-state index in [0.29, 0.717) is 0 Å². The van der Waals surface area contributed by atoms with Gasteiger partial charge in [0.15, 0.2) is 0 Å². The van der Waals surface area contributed by atoms with Crippen molar-refractivity contribution in [1.82, 2.24) is 15.0 Å². The lowest BCUT2D eigenvalue weighted by molar-refractivity contribution is 0.147. The van der Waals surface area contributed by atoms with Crippen molar-refractivity contribution in [2.75, 3.05) is 11.8 Å². The van der Waals surface area contributed by atoms with Gasteiger partial charge in [0.25, 0.3) is 15.8 Å². The number of nitrogens with zero attached hydrogens (tertiary/aromatic N) is 2. The first-order valence-electron chi connectivity index (χ1n) is 8.07. The highest BCUT2D eigenvalue weighted by Crippen LogP contribution is 2.39. The molecule has 2 aromatic heterocycles. The molecule has 0 spiro atoms. The number of nitrogens with one attached hydrogen (secondary N) is 2. The topological polar surface area (TPSA) is 97.0 Å². The van der Waals surface area contributed by atoms with Crippen LogP contribution in [0, 0.1) is 0 Å². The molecule has 0 radical (unpaired) electrons. The third kappa shape index (κ3) is 4.73. The predicted molar refractivity (Wildman–Crippen MR) is 104 cm³/mol. The molecule has 1 aromatic carbocycles. The fourth-order valence-electron chi connectivity index (χ4n) is 2.65. The van der Waals surface area contributed by atoms with Crippen LogP contribution < -0.4 is 9.46 Å². The van der Waals surface area contributed by atoms with Crippen LogP contribution in [-0.2, 0) is 16.4 Å². The summed E-state index contributed by atoms with van der Waals surface area (Å²) in [4.78, 5) is 9.92. The smallest absolute Gasteiger partial charge is 0.289 e. The highest BCUT2D eigenvalue weighted by atomic mass is 35.5. The highest BCUT2D eigenvalue weighted by Gasteiger charge is 2.24. The van der Waals surface area contributed by atoms with Crippen molar-refractivity contribution in [1.29, 1.82) is 0 Å². The first kappa shape index (κ1) is 22.4. The summed E-state index contributed by atoms with van der Waals surface area (Å²) in [7, 11) is -3.07. The molecule has 0 aliphatic rings. The molecule has 0 atom stereocenters. The molecular weight excluding hydrogens is 472 g/mol. The summed E-state index contributed by atoms with van der Waals surface area (Å²) < 4.78 is 83.5. The van der Waals surface area contributed by atoms with E-state index in [1.54, 1.807) is 0 Å². The fourth-order valence-corrected chi connectivity index (χ4v) is 4.71. The summed E-state index contributed by atoms with van der Waals surface area (Å²) in [6.45, 7) is 0. The summed E-state index contributed by atoms with van der Waals surface area (Å²) in [5.41, 5.74) is 0.129. The van der Waals surface area contributed by atoms with Gasteiger partial charge in [0.2, 0.25) is 18.3 Å². The summed E-state index contributed by atoms with van der Waals surface area (Å²) in [6.07, 6.45) is -1.18. The van der Waals surface area contributed by atoms with E-state index in [0.717, 1.165) is 12.4 Å². The van der Waals surface area contributed by atoms with E-state index in [2.05, 4.69) is 19.7 Å². The van der Waals surface area contributed by atoms with Crippen LogP contribution in [0.15, 0.2) is 34.3 Å². The normalized spacial score (nSPS) is 12.1. The molecule has 162 valence electrons. The number of rotatable bonds is 8. The number of ether oxygens (including phenoxy) is 1. The van der Waals surface area contributed by atoms with Crippen molar-refractivity contribution in [3.8, 4) is 5.88 Å². The van der Waals surface area contributed by atoms with E-state index in [4.69, 9.17) is 16.3 Å². The molecule has 7 nitrogen and oxygen atoms in total. The van der Waals surface area contributed by atoms with Gasteiger partial charge >= 0.3 is 0 Å². The molecule has 2 N–H and O–H groups in total. The van der Waals surface area contributed by atoms with E-state index >= 15 is 0 Å². The maximum absolute atomic E-state index is 12.8. The number of alkyl halides is 4. The van der Waals surface area contributed by atoms with Crippen LogP contribution in [0.1, 0.15) is 5.56 Å². The summed E-state index contributed by atoms with van der Waals surface area (Å²) in [5, 5.41) is 0.158. The highest BCUT2D eigenvalue weighted by molar-refractivity contribution is 8.00. The van der Waals surface area contributed by atoms with Crippen molar-refractivity contribution in [2.24, 2.45) is 0 Å². The van der Waals surface area contributed by atoms with Gasteiger partial charge in [-0.25, -0.2) is 26.9 Å². The Morgan fingerprint density at radius 3 is 2.67 bits per heavy atom. The fraction of sp³-hybridized carbons (Fsp3) is 0.250. The Morgan fingerprint density at radius 1 is 1.30 bits per heavy atom. The monoisotopic (exact) mass is 484 g/mol. The van der Waals surface area contributed by atoms with Crippen LogP contribution in [0.4, 0.5) is 23.5 Å². The van der Waals surface area contributed by atoms with E-state index in [-0.39, 0.29) is 48.9 Å². The Kier molecular flexibility index (Phi) is 6.62. The standard InChI is InChI=1S/C16H13ClF4N4O3S2/c1-28-14-7(4-11(18)19)5-23-16(24-14)25-30(26,27)10-6-22-12-8(10)2-3-9(17)13(12)29-15(20)21/h2-3,5-6,11,15,22H,4H2,1H3,(H,23,24,25). The van der Waals surface area contributed by atoms with Crippen LogP contribution in [0.5, 0.6) is 5.88 Å². The summed E-state index contributed by atoms with van der Waals surface area (Å²) in [5.74, 6) is -3.37. The van der Waals surface area contributed by atoms with Crippen LogP contribution in [0.25, 0.3) is 10.9 Å². The van der Waals surface area contributed by atoms with Gasteiger partial charge in [0, 0.05) is 29.8 Å². The van der Waals surface area contributed by atoms with Crippen molar-refractivity contribution >= 4 is 50.2 Å². The SMILES string of the molecule is COc1nc(NS(=O)(=O)c2c[nH]c3c(SC(F)F)c(Cl)ccc23)ncc1CC(F)F. The molecule has 0 amide bonds. The number of aromatic amines is 1. The van der Waals surface area contributed by atoms with Crippen molar-refractivity contribution in [3.05, 3.63) is 35.1 Å². The molecule has 0 unspecified atom stereocenters. The molecule has 0 saturated heterocycles. The zero-order valence-corrected chi connectivity index (χ0v) is 17.4. The molecule has 0 fully saturated rings. The van der Waals surface area contributed by atoms with Gasteiger partial charge in [-0.05, 0) is 12.1 Å². The van der Waals surface area contributed by atoms with Gasteiger partial charge in [-0.3, -0.25) is 0 Å². The zero-order valence-electron chi connectivity index (χ0n) is 15.0. The maximum Gasteiger partial charge on any atom is 0.289 e. The van der Waals surface area contributed by atoms with Crippen LogP contribution >= 0.6 is 23.4 Å². The molecule has 14 heteroatoms. The number of aromatic nitrogens is 3. The summed E-state index contributed by atoms with van der Waals surface area (Å²) >= 11 is 6.14. The third-order valence-electron chi connectivity index (χ3n) is 3.84. The number of thioether (sulfide) groups is 1. The number of anilines is 1. The third-order valence-corrected chi connectivity index (χ3v) is 6.47. The average molecular weight is 485 g/mol. The van der Waals surface area contributed by atoms with Crippen LogP contribution in [-0.4, -0.2) is 42.7 Å². The molecule has 3 rings (SSSR count). The molecule has 3 aromatic rings. The average Bonchev–Trinajstić information content (AvgIpc) is 3.09. The Labute approximate surface area is 177 Å². The Balaban J connectivity index is 1.97. The number of sulfonamides is 1. The first-order chi connectivity index (χ1) is 14.1. The second-order valence-corrected chi connectivity index (χ2v) is 8.82. The lowest BCUT2D eigenvalue weighted by Crippen LogP contribution is -2.15. The van der Waals surface area contributed by atoms with Gasteiger partial charge in [0.1, 0.15) is 4.90 Å². The van der Waals surface area contributed by atoms with E-state index in [9.17, 15) is 26.0 Å². The Hall–Kier alpha value is -2.25. The number of halogens is 5. The molecule has 0 aliphatic carbocycles. The Bertz CT molecular complexity index is 1170. The van der Waals surface area contributed by atoms with Gasteiger partial charge in [-0.15, -0.1) is 0 Å². The van der Waals surface area contributed by atoms with Crippen molar-refractivity contribution < 1.29 is 30.7 Å². The van der Waals surface area contributed by atoms with E-state index < -0.39 is 34.6 Å². The number of fused-ring (bicyclic) bond motifs is 1. The van der Waals surface area contributed by atoms with Crippen molar-refractivity contribution in [2.45, 2.75) is 28.4 Å². The summed E-state index contributed by atoms with van der Waals surface area (Å²) in [6, 6.07) is 2.67. The lowest BCUT2D eigenvalue weighted by Gasteiger charge is -2.10. The maximum atomic E-state index is 12.8. The van der Waals surface area contributed by atoms with Gasteiger partial charge < -0.3 is 9.72 Å². The second kappa shape index (κ2) is 8.86. The van der Waals surface area contributed by atoms with Gasteiger partial charge in [0.05, 0.1) is 22.5 Å². The largest absolute Gasteiger partial charge is 0.481 e. The molecule has 30 heavy (non-hydrogen) atoms. The Morgan fingerprint density at radius 2 is 2.03 bits per heavy atom. The minimum Gasteiger partial charge on any atom is -0.481 e. The molecular formula is C16H13ClF4N4O3S2. The lowest BCUT2D eigenvalue weighted by atomic mass is 10.2. The van der Waals surface area contributed by atoms with E-state index in [1.165, 1.54) is 19.2 Å². The number of methoxy groups -OCH3 is 1. The van der Waals surface area contributed by atoms with Gasteiger partial charge in [-0.1, -0.05) is 23.4 Å². The molecule has 0 saturated carbocycles. The van der Waals surface area contributed by atoms with E-state index in [1.807, 2.05) is 0 Å². The van der Waals surface area contributed by atoms with Crippen LogP contribution in [0.3, 0.4) is 0 Å². The second-order valence-electron chi connectivity index (χ2n) is 5.76. The number of benzene rings is 1. The van der Waals surface area contributed by atoms with Gasteiger partial charge in [-0.2, -0.15) is 13.8 Å². The molecule has 2 heterocycles. The molecule has 0 bridgehead atoms. The number of hydrogen-bond donors (Lipinski definition) is 2. The first-order valence-corrected chi connectivity index (χ1v) is 10.8.